The van der Waals surface area contributed by atoms with Crippen molar-refractivity contribution in [2.75, 3.05) is 5.73 Å². The molecule has 2 N–H and O–H groups in total. The molecule has 0 saturated carbocycles. The number of nitrogens with two attached hydrogens (primary N) is 1. The van der Waals surface area contributed by atoms with E-state index < -0.39 is 11.6 Å². The van der Waals surface area contributed by atoms with E-state index in [4.69, 9.17) is 28.9 Å². The van der Waals surface area contributed by atoms with E-state index in [1.807, 2.05) is 0 Å². The highest BCUT2D eigenvalue weighted by Gasteiger charge is 2.12. The lowest BCUT2D eigenvalue weighted by molar-refractivity contribution is 0.626. The van der Waals surface area contributed by atoms with Crippen LogP contribution >= 0.6 is 23.2 Å². The quantitative estimate of drug-likeness (QED) is 0.764. The molecule has 0 aliphatic rings. The zero-order chi connectivity index (χ0) is 15.1. The van der Waals surface area contributed by atoms with Crippen molar-refractivity contribution in [3.8, 4) is 0 Å². The molecule has 0 fully saturated rings. The highest BCUT2D eigenvalue weighted by molar-refractivity contribution is 6.31. The van der Waals surface area contributed by atoms with E-state index in [-0.39, 0.29) is 16.0 Å². The molecule has 0 spiro atoms. The van der Waals surface area contributed by atoms with Crippen molar-refractivity contribution in [3.63, 3.8) is 0 Å². The number of hydrogen-bond acceptors (Lipinski definition) is 2. The van der Waals surface area contributed by atoms with Crippen LogP contribution in [0.4, 0.5) is 14.7 Å². The summed E-state index contributed by atoms with van der Waals surface area (Å²) in [6.07, 6.45) is 0. The van der Waals surface area contributed by atoms with E-state index in [9.17, 15) is 8.78 Å². The molecule has 0 unspecified atom stereocenters. The topological polar surface area (TPSA) is 43.8 Å². The fourth-order valence-corrected chi connectivity index (χ4v) is 2.49. The summed E-state index contributed by atoms with van der Waals surface area (Å²) in [6.45, 7) is 0.324. The maximum atomic E-state index is 13.4. The van der Waals surface area contributed by atoms with E-state index in [0.29, 0.717) is 17.6 Å². The molecule has 3 aromatic rings. The number of nitrogens with zero attached hydrogens (tertiary/aromatic N) is 2. The van der Waals surface area contributed by atoms with Gasteiger partial charge >= 0.3 is 0 Å². The maximum Gasteiger partial charge on any atom is 0.201 e. The second-order valence-electron chi connectivity index (χ2n) is 4.56. The summed E-state index contributed by atoms with van der Waals surface area (Å²) < 4.78 is 28.3. The predicted octanol–water partition coefficient (Wildman–Crippen LogP) is 4.25. The third kappa shape index (κ3) is 2.54. The Bertz CT molecular complexity index is 846. The number of imidazole rings is 1. The fraction of sp³-hybridized carbons (Fsp3) is 0.0714. The third-order valence-electron chi connectivity index (χ3n) is 3.14. The minimum Gasteiger partial charge on any atom is -0.369 e. The van der Waals surface area contributed by atoms with Crippen LogP contribution in [0, 0.1) is 11.6 Å². The smallest absolute Gasteiger partial charge is 0.201 e. The molecule has 2 aromatic carbocycles. The Labute approximate surface area is 128 Å². The molecule has 0 atom stereocenters. The monoisotopic (exact) mass is 327 g/mol. The van der Waals surface area contributed by atoms with Gasteiger partial charge in [0.15, 0.2) is 0 Å². The summed E-state index contributed by atoms with van der Waals surface area (Å²) in [5.74, 6) is -0.834. The van der Waals surface area contributed by atoms with E-state index in [0.717, 1.165) is 5.56 Å². The van der Waals surface area contributed by atoms with Gasteiger partial charge in [0.2, 0.25) is 5.95 Å². The average molecular weight is 328 g/mol. The molecule has 7 heteroatoms. The molecule has 108 valence electrons. The minimum absolute atomic E-state index is 0.0132. The maximum absolute atomic E-state index is 13.4. The second kappa shape index (κ2) is 5.16. The van der Waals surface area contributed by atoms with Crippen LogP contribution in [0.1, 0.15) is 5.56 Å². The van der Waals surface area contributed by atoms with Crippen molar-refractivity contribution in [1.29, 1.82) is 0 Å². The Morgan fingerprint density at radius 1 is 1.05 bits per heavy atom. The van der Waals surface area contributed by atoms with Crippen molar-refractivity contribution in [2.45, 2.75) is 6.54 Å². The highest BCUT2D eigenvalue weighted by Crippen LogP contribution is 2.26. The number of aromatic nitrogens is 2. The van der Waals surface area contributed by atoms with Crippen LogP contribution in [0.3, 0.4) is 0 Å². The van der Waals surface area contributed by atoms with Crippen LogP contribution in [0.15, 0.2) is 30.3 Å². The lowest BCUT2D eigenvalue weighted by atomic mass is 10.2. The van der Waals surface area contributed by atoms with E-state index in [1.165, 1.54) is 24.3 Å². The molecular formula is C14H9Cl2F2N3. The number of fused-ring (bicyclic) bond motifs is 1. The minimum atomic E-state index is -0.557. The number of anilines is 1. The largest absolute Gasteiger partial charge is 0.369 e. The van der Waals surface area contributed by atoms with Gasteiger partial charge in [0, 0.05) is 6.07 Å². The van der Waals surface area contributed by atoms with Crippen molar-refractivity contribution in [3.05, 3.63) is 57.6 Å². The number of rotatable bonds is 2. The lowest BCUT2D eigenvalue weighted by Crippen LogP contribution is -2.04. The van der Waals surface area contributed by atoms with Crippen molar-refractivity contribution < 1.29 is 8.78 Å². The van der Waals surface area contributed by atoms with Gasteiger partial charge in [0.25, 0.3) is 0 Å². The van der Waals surface area contributed by atoms with Crippen molar-refractivity contribution in [2.24, 2.45) is 0 Å². The van der Waals surface area contributed by atoms with Crippen molar-refractivity contribution >= 4 is 40.2 Å². The first-order valence-corrected chi connectivity index (χ1v) is 6.76. The van der Waals surface area contributed by atoms with Crippen LogP contribution in [0.5, 0.6) is 0 Å². The standard InChI is InChI=1S/C14H9Cl2F2N3/c15-8-3-7(1-2-10(8)17)6-21-13-4-9(16)11(18)5-12(13)20-14(21)19/h1-5H,6H2,(H2,19,20). The van der Waals surface area contributed by atoms with Gasteiger partial charge in [-0.05, 0) is 23.8 Å². The zero-order valence-electron chi connectivity index (χ0n) is 10.6. The SMILES string of the molecule is Nc1nc2cc(F)c(Cl)cc2n1Cc1ccc(F)c(Cl)c1. The van der Waals surface area contributed by atoms with Gasteiger partial charge < -0.3 is 10.3 Å². The van der Waals surface area contributed by atoms with Crippen molar-refractivity contribution in [1.82, 2.24) is 9.55 Å². The molecule has 1 heterocycles. The summed E-state index contributed by atoms with van der Waals surface area (Å²) in [6, 6.07) is 7.06. The van der Waals surface area contributed by atoms with Crippen LogP contribution in [0.2, 0.25) is 10.0 Å². The number of benzene rings is 2. The number of halogens is 4. The summed E-state index contributed by atoms with van der Waals surface area (Å²) in [7, 11) is 0. The fourth-order valence-electron chi connectivity index (χ4n) is 2.13. The summed E-state index contributed by atoms with van der Waals surface area (Å²) in [5, 5.41) is 0.0142. The molecule has 3 rings (SSSR count). The lowest BCUT2D eigenvalue weighted by Gasteiger charge is -2.08. The molecule has 0 amide bonds. The second-order valence-corrected chi connectivity index (χ2v) is 5.37. The predicted molar refractivity (Wildman–Crippen MR) is 79.6 cm³/mol. The van der Waals surface area contributed by atoms with Crippen LogP contribution in [0.25, 0.3) is 11.0 Å². The first kappa shape index (κ1) is 14.1. The molecule has 0 bridgehead atoms. The molecule has 3 nitrogen and oxygen atoms in total. The molecule has 0 aliphatic carbocycles. The molecule has 0 radical (unpaired) electrons. The summed E-state index contributed by atoms with van der Waals surface area (Å²) >= 11 is 11.5. The van der Waals surface area contributed by atoms with Crippen LogP contribution in [-0.4, -0.2) is 9.55 Å². The first-order valence-electron chi connectivity index (χ1n) is 6.00. The van der Waals surface area contributed by atoms with Crippen LogP contribution in [-0.2, 0) is 6.54 Å². The Morgan fingerprint density at radius 3 is 2.48 bits per heavy atom. The molecule has 0 aliphatic heterocycles. The summed E-state index contributed by atoms with van der Waals surface area (Å²) in [5.41, 5.74) is 7.59. The highest BCUT2D eigenvalue weighted by atomic mass is 35.5. The van der Waals surface area contributed by atoms with E-state index in [1.54, 1.807) is 10.6 Å². The van der Waals surface area contributed by atoms with Crippen LogP contribution < -0.4 is 5.73 Å². The average Bonchev–Trinajstić information content (AvgIpc) is 2.71. The Morgan fingerprint density at radius 2 is 1.76 bits per heavy atom. The van der Waals surface area contributed by atoms with Gasteiger partial charge in [0.05, 0.1) is 27.6 Å². The van der Waals surface area contributed by atoms with Gasteiger partial charge in [-0.15, -0.1) is 0 Å². The third-order valence-corrected chi connectivity index (χ3v) is 3.72. The normalized spacial score (nSPS) is 11.2. The van der Waals surface area contributed by atoms with E-state index >= 15 is 0 Å². The molecule has 1 aromatic heterocycles. The summed E-state index contributed by atoms with van der Waals surface area (Å²) in [4.78, 5) is 4.09. The Balaban J connectivity index is 2.09. The van der Waals surface area contributed by atoms with Gasteiger partial charge in [-0.3, -0.25) is 0 Å². The van der Waals surface area contributed by atoms with E-state index in [2.05, 4.69) is 4.98 Å². The van der Waals surface area contributed by atoms with Gasteiger partial charge in [-0.25, -0.2) is 13.8 Å². The van der Waals surface area contributed by atoms with Gasteiger partial charge in [-0.1, -0.05) is 29.3 Å². The Hall–Kier alpha value is -1.85. The first-order chi connectivity index (χ1) is 9.95. The zero-order valence-corrected chi connectivity index (χ0v) is 12.1. The number of nitrogen functional groups attached to an aromatic ring is 1. The molecule has 21 heavy (non-hydrogen) atoms. The molecular weight excluding hydrogens is 319 g/mol. The van der Waals surface area contributed by atoms with Gasteiger partial charge in [0.1, 0.15) is 11.6 Å². The van der Waals surface area contributed by atoms with Gasteiger partial charge in [-0.2, -0.15) is 0 Å². The Kier molecular flexibility index (Phi) is 3.47. The number of hydrogen-bond donors (Lipinski definition) is 1. The molecule has 0 saturated heterocycles.